The van der Waals surface area contributed by atoms with Gasteiger partial charge in [0, 0.05) is 15.9 Å². The van der Waals surface area contributed by atoms with Crippen LogP contribution in [-0.2, 0) is 4.79 Å². The molecule has 3 amide bonds. The van der Waals surface area contributed by atoms with Crippen LogP contribution in [0.2, 0.25) is 0 Å². The number of allylic oxidation sites excluding steroid dienone is 1. The molecule has 3 N–H and O–H groups in total. The third kappa shape index (κ3) is 4.12. The summed E-state index contributed by atoms with van der Waals surface area (Å²) in [5.41, 5.74) is 2.25. The molecule has 0 bridgehead atoms. The van der Waals surface area contributed by atoms with Crippen molar-refractivity contribution >= 4 is 33.6 Å². The predicted molar refractivity (Wildman–Crippen MR) is 109 cm³/mol. The second-order valence-electron chi connectivity index (χ2n) is 6.15. The minimum Gasteiger partial charge on any atom is -0.493 e. The molecule has 3 rings (SSSR count). The average molecular weight is 446 g/mol. The van der Waals surface area contributed by atoms with E-state index < -0.39 is 6.04 Å². The van der Waals surface area contributed by atoms with Gasteiger partial charge in [-0.1, -0.05) is 22.0 Å². The first-order chi connectivity index (χ1) is 13.4. The largest absolute Gasteiger partial charge is 0.493 e. The number of hydrogen-bond donors (Lipinski definition) is 3. The number of carbonyl (C=O) groups excluding carboxylic acids is 2. The summed E-state index contributed by atoms with van der Waals surface area (Å²) >= 11 is 3.37. The molecule has 1 aliphatic rings. The van der Waals surface area contributed by atoms with Crippen molar-refractivity contribution in [3.05, 3.63) is 63.8 Å². The van der Waals surface area contributed by atoms with Gasteiger partial charge in [-0.3, -0.25) is 4.79 Å². The van der Waals surface area contributed by atoms with Crippen molar-refractivity contribution in [3.63, 3.8) is 0 Å². The fraction of sp³-hybridized carbons (Fsp3) is 0.200. The van der Waals surface area contributed by atoms with Crippen LogP contribution in [-0.4, -0.2) is 26.2 Å². The molecule has 0 aliphatic carbocycles. The fourth-order valence-corrected chi connectivity index (χ4v) is 3.27. The van der Waals surface area contributed by atoms with Gasteiger partial charge in [0.1, 0.15) is 0 Å². The average Bonchev–Trinajstić information content (AvgIpc) is 2.68. The molecule has 2 aromatic carbocycles. The van der Waals surface area contributed by atoms with Crippen molar-refractivity contribution in [1.29, 1.82) is 0 Å². The van der Waals surface area contributed by atoms with Crippen LogP contribution in [0.25, 0.3) is 0 Å². The topological polar surface area (TPSA) is 88.7 Å². The van der Waals surface area contributed by atoms with Crippen LogP contribution < -0.4 is 25.4 Å². The number of anilines is 1. The summed E-state index contributed by atoms with van der Waals surface area (Å²) in [5, 5.41) is 8.34. The molecule has 1 atom stereocenters. The van der Waals surface area contributed by atoms with Gasteiger partial charge in [-0.05, 0) is 48.9 Å². The number of carbonyl (C=O) groups is 2. The van der Waals surface area contributed by atoms with E-state index in [0.717, 1.165) is 4.47 Å². The van der Waals surface area contributed by atoms with Crippen molar-refractivity contribution in [1.82, 2.24) is 10.6 Å². The molecule has 0 spiro atoms. The Morgan fingerprint density at radius 2 is 1.75 bits per heavy atom. The highest BCUT2D eigenvalue weighted by Crippen LogP contribution is 2.34. The maximum Gasteiger partial charge on any atom is 0.319 e. The third-order valence-corrected chi connectivity index (χ3v) is 4.89. The summed E-state index contributed by atoms with van der Waals surface area (Å²) < 4.78 is 11.5. The highest BCUT2D eigenvalue weighted by atomic mass is 79.9. The van der Waals surface area contributed by atoms with Crippen molar-refractivity contribution in [3.8, 4) is 11.5 Å². The summed E-state index contributed by atoms with van der Waals surface area (Å²) in [4.78, 5) is 25.1. The second-order valence-corrected chi connectivity index (χ2v) is 7.06. The number of halogens is 1. The predicted octanol–water partition coefficient (Wildman–Crippen LogP) is 3.73. The normalized spacial score (nSPS) is 16.1. The number of amides is 3. The van der Waals surface area contributed by atoms with Crippen LogP contribution in [0.15, 0.2) is 58.2 Å². The summed E-state index contributed by atoms with van der Waals surface area (Å²) in [7, 11) is 3.08. The Hall–Kier alpha value is -3.00. The van der Waals surface area contributed by atoms with Crippen LogP contribution in [0.4, 0.5) is 10.5 Å². The lowest BCUT2D eigenvalue weighted by molar-refractivity contribution is -0.113. The monoisotopic (exact) mass is 445 g/mol. The molecule has 28 heavy (non-hydrogen) atoms. The van der Waals surface area contributed by atoms with Gasteiger partial charge in [-0.2, -0.15) is 0 Å². The fourth-order valence-electron chi connectivity index (χ4n) is 3.01. The van der Waals surface area contributed by atoms with Crippen molar-refractivity contribution in [2.75, 3.05) is 19.5 Å². The molecule has 0 saturated heterocycles. The van der Waals surface area contributed by atoms with Crippen molar-refractivity contribution in [2.45, 2.75) is 13.0 Å². The summed E-state index contributed by atoms with van der Waals surface area (Å²) in [6, 6.07) is 11.5. The first-order valence-electron chi connectivity index (χ1n) is 8.50. The first-order valence-corrected chi connectivity index (χ1v) is 9.29. The smallest absolute Gasteiger partial charge is 0.319 e. The molecule has 8 heteroatoms. The lowest BCUT2D eigenvalue weighted by Crippen LogP contribution is -2.45. The number of methoxy groups -OCH3 is 2. The first kappa shape index (κ1) is 19.8. The van der Waals surface area contributed by atoms with E-state index in [0.29, 0.717) is 34.0 Å². The van der Waals surface area contributed by atoms with Crippen LogP contribution in [0.5, 0.6) is 11.5 Å². The van der Waals surface area contributed by atoms with E-state index in [1.165, 1.54) is 7.11 Å². The molecular formula is C20H20BrN3O4. The van der Waals surface area contributed by atoms with E-state index in [4.69, 9.17) is 9.47 Å². The van der Waals surface area contributed by atoms with Crippen molar-refractivity contribution < 1.29 is 19.1 Å². The van der Waals surface area contributed by atoms with Gasteiger partial charge in [0.25, 0.3) is 5.91 Å². The number of rotatable bonds is 5. The Balaban J connectivity index is 1.96. The van der Waals surface area contributed by atoms with E-state index in [1.54, 1.807) is 44.4 Å². The number of ether oxygens (including phenoxy) is 2. The minimum absolute atomic E-state index is 0.313. The molecule has 146 valence electrons. The minimum atomic E-state index is -0.635. The molecule has 2 aromatic rings. The molecule has 0 saturated carbocycles. The molecule has 0 fully saturated rings. The third-order valence-electron chi connectivity index (χ3n) is 4.36. The summed E-state index contributed by atoms with van der Waals surface area (Å²) in [5.74, 6) is 0.762. The number of nitrogens with one attached hydrogen (secondary N) is 3. The zero-order chi connectivity index (χ0) is 20.3. The quantitative estimate of drug-likeness (QED) is 0.653. The molecular weight excluding hydrogens is 426 g/mol. The SMILES string of the molecule is COc1ccc([C@@H]2NC(=O)NC(C)=C2C(=O)Nc2ccc(Br)cc2)cc1OC. The zero-order valence-electron chi connectivity index (χ0n) is 15.6. The Morgan fingerprint density at radius 1 is 1.07 bits per heavy atom. The number of benzene rings is 2. The molecule has 1 heterocycles. The molecule has 0 unspecified atom stereocenters. The highest BCUT2D eigenvalue weighted by Gasteiger charge is 2.31. The van der Waals surface area contributed by atoms with Gasteiger partial charge >= 0.3 is 6.03 Å². The Morgan fingerprint density at radius 3 is 2.39 bits per heavy atom. The van der Waals surface area contributed by atoms with E-state index in [2.05, 4.69) is 31.9 Å². The van der Waals surface area contributed by atoms with Gasteiger partial charge in [-0.25, -0.2) is 4.79 Å². The Kier molecular flexibility index (Phi) is 5.89. The van der Waals surface area contributed by atoms with Crippen LogP contribution in [0, 0.1) is 0 Å². The van der Waals surface area contributed by atoms with E-state index in [1.807, 2.05) is 12.1 Å². The second kappa shape index (κ2) is 8.35. The summed E-state index contributed by atoms with van der Waals surface area (Å²) in [6.07, 6.45) is 0. The maximum absolute atomic E-state index is 13.0. The van der Waals surface area contributed by atoms with Crippen LogP contribution in [0.1, 0.15) is 18.5 Å². The lowest BCUT2D eigenvalue weighted by atomic mass is 9.94. The van der Waals surface area contributed by atoms with Gasteiger partial charge in [0.15, 0.2) is 11.5 Å². The number of urea groups is 1. The lowest BCUT2D eigenvalue weighted by Gasteiger charge is -2.29. The number of hydrogen-bond acceptors (Lipinski definition) is 4. The molecule has 7 nitrogen and oxygen atoms in total. The van der Waals surface area contributed by atoms with E-state index in [-0.39, 0.29) is 11.9 Å². The van der Waals surface area contributed by atoms with Gasteiger partial charge in [-0.15, -0.1) is 0 Å². The Labute approximate surface area is 171 Å². The van der Waals surface area contributed by atoms with E-state index >= 15 is 0 Å². The van der Waals surface area contributed by atoms with Gasteiger partial charge in [0.05, 0.1) is 25.8 Å². The highest BCUT2D eigenvalue weighted by molar-refractivity contribution is 9.10. The molecule has 0 radical (unpaired) electrons. The van der Waals surface area contributed by atoms with Crippen LogP contribution in [0.3, 0.4) is 0 Å². The van der Waals surface area contributed by atoms with Crippen molar-refractivity contribution in [2.24, 2.45) is 0 Å². The van der Waals surface area contributed by atoms with Crippen LogP contribution >= 0.6 is 15.9 Å². The maximum atomic E-state index is 13.0. The molecule has 1 aliphatic heterocycles. The van der Waals surface area contributed by atoms with Gasteiger partial charge in [0.2, 0.25) is 0 Å². The molecule has 0 aromatic heterocycles. The zero-order valence-corrected chi connectivity index (χ0v) is 17.2. The summed E-state index contributed by atoms with van der Waals surface area (Å²) in [6.45, 7) is 1.70. The van der Waals surface area contributed by atoms with Gasteiger partial charge < -0.3 is 25.4 Å². The standard InChI is InChI=1S/C20H20BrN3O4/c1-11-17(19(25)23-14-7-5-13(21)6-8-14)18(24-20(26)22-11)12-4-9-15(27-2)16(10-12)28-3/h4-10,18H,1-3H3,(H,23,25)(H2,22,24,26)/t18-/m0/s1. The Bertz CT molecular complexity index is 941. The van der Waals surface area contributed by atoms with E-state index in [9.17, 15) is 9.59 Å².